The molecule has 0 nitrogen and oxygen atoms in total. The predicted molar refractivity (Wildman–Crippen MR) is 75.0 cm³/mol. The monoisotopic (exact) mass is 448 g/mol. The standard InChI is InChI=1S/C12H18BrS2.BrH.Zn/c1-2-3-4-5-6-7-9-14-11-8-10-15-12(11)13;;/h8H,2-7,9H2,1H3;1H;/p-1. The van der Waals surface area contributed by atoms with Crippen molar-refractivity contribution in [3.05, 3.63) is 15.2 Å². The molecule has 1 rings (SSSR count). The second-order valence-electron chi connectivity index (χ2n) is 3.62. The van der Waals surface area contributed by atoms with E-state index in [9.17, 15) is 0 Å². The number of halogens is 2. The summed E-state index contributed by atoms with van der Waals surface area (Å²) >= 11 is 7.14. The molecule has 0 spiro atoms. The summed E-state index contributed by atoms with van der Waals surface area (Å²) < 4.78 is 1.23. The first-order chi connectivity index (χ1) is 7.34. The van der Waals surface area contributed by atoms with Crippen LogP contribution in [-0.2, 0) is 19.5 Å². The Kier molecular flexibility index (Phi) is 17.3. The molecule has 17 heavy (non-hydrogen) atoms. The number of hydrogen-bond acceptors (Lipinski definition) is 2. The number of rotatable bonds is 8. The average molecular weight is 452 g/mol. The summed E-state index contributed by atoms with van der Waals surface area (Å²) in [6.07, 6.45) is 8.29. The Morgan fingerprint density at radius 1 is 1.24 bits per heavy atom. The second kappa shape index (κ2) is 14.1. The fraction of sp³-hybridized carbons (Fsp3) is 0.667. The van der Waals surface area contributed by atoms with Gasteiger partial charge in [-0.2, -0.15) is 0 Å². The predicted octanol–water partition coefficient (Wildman–Crippen LogP) is 2.76. The fourth-order valence-corrected chi connectivity index (χ4v) is 3.78. The van der Waals surface area contributed by atoms with Crippen LogP contribution in [0.3, 0.4) is 0 Å². The van der Waals surface area contributed by atoms with Crippen molar-refractivity contribution in [1.29, 1.82) is 0 Å². The van der Waals surface area contributed by atoms with Crippen molar-refractivity contribution in [2.45, 2.75) is 50.3 Å². The molecule has 1 aromatic heterocycles. The van der Waals surface area contributed by atoms with Crippen LogP contribution < -0.4 is 17.0 Å². The third kappa shape index (κ3) is 10.1. The van der Waals surface area contributed by atoms with Gasteiger partial charge in [-0.05, 0) is 34.2 Å². The van der Waals surface area contributed by atoms with Gasteiger partial charge in [-0.1, -0.05) is 39.0 Å². The molecule has 1 radical (unpaired) electrons. The maximum Gasteiger partial charge on any atom is 0.0840 e. The normalized spacial score (nSPS) is 9.53. The van der Waals surface area contributed by atoms with Gasteiger partial charge in [-0.3, -0.25) is 0 Å². The van der Waals surface area contributed by atoms with Gasteiger partial charge in [0, 0.05) is 29.8 Å². The molecule has 0 fully saturated rings. The smallest absolute Gasteiger partial charge is 0.0840 e. The molecule has 0 bridgehead atoms. The van der Waals surface area contributed by atoms with Crippen LogP contribution in [0.5, 0.6) is 0 Å². The van der Waals surface area contributed by atoms with Gasteiger partial charge >= 0.3 is 0 Å². The van der Waals surface area contributed by atoms with E-state index in [4.69, 9.17) is 0 Å². The van der Waals surface area contributed by atoms with Crippen molar-refractivity contribution in [3.8, 4) is 0 Å². The second-order valence-corrected chi connectivity index (χ2v) is 6.92. The Morgan fingerprint density at radius 2 is 1.88 bits per heavy atom. The molecule has 1 aromatic rings. The van der Waals surface area contributed by atoms with E-state index in [1.54, 1.807) is 11.3 Å². The summed E-state index contributed by atoms with van der Waals surface area (Å²) in [5, 5.41) is 3.14. The molecule has 0 N–H and O–H groups in total. The van der Waals surface area contributed by atoms with Crippen molar-refractivity contribution in [2.24, 2.45) is 0 Å². The van der Waals surface area contributed by atoms with E-state index >= 15 is 0 Å². The zero-order chi connectivity index (χ0) is 10.9. The van der Waals surface area contributed by atoms with E-state index in [-0.39, 0.29) is 36.5 Å². The average Bonchev–Trinajstić information content (AvgIpc) is 2.63. The summed E-state index contributed by atoms with van der Waals surface area (Å²) in [5.74, 6) is 1.25. The van der Waals surface area contributed by atoms with Crippen molar-refractivity contribution >= 4 is 39.0 Å². The summed E-state index contributed by atoms with van der Waals surface area (Å²) in [6, 6.07) is 2.08. The summed E-state index contributed by atoms with van der Waals surface area (Å²) in [7, 11) is 0. The van der Waals surface area contributed by atoms with E-state index in [0.29, 0.717) is 0 Å². The molecule has 0 aliphatic carbocycles. The number of hydrogen-bond donors (Lipinski definition) is 0. The van der Waals surface area contributed by atoms with Gasteiger partial charge in [-0.15, -0.1) is 23.1 Å². The third-order valence-electron chi connectivity index (χ3n) is 2.29. The molecule has 5 heteroatoms. The van der Waals surface area contributed by atoms with E-state index in [1.807, 2.05) is 11.8 Å². The van der Waals surface area contributed by atoms with Crippen molar-refractivity contribution in [2.75, 3.05) is 5.75 Å². The number of thioether (sulfide) groups is 1. The van der Waals surface area contributed by atoms with Crippen LogP contribution in [0.4, 0.5) is 0 Å². The van der Waals surface area contributed by atoms with Gasteiger partial charge in [0.25, 0.3) is 0 Å². The van der Waals surface area contributed by atoms with Crippen LogP contribution in [0.1, 0.15) is 45.4 Å². The third-order valence-corrected chi connectivity index (χ3v) is 5.35. The number of unbranched alkanes of at least 4 members (excludes halogenated alkanes) is 5. The van der Waals surface area contributed by atoms with Gasteiger partial charge in [0.1, 0.15) is 0 Å². The topological polar surface area (TPSA) is 0 Å². The molecular formula is C12H18Br2S2Zn-. The Hall–Kier alpha value is 1.63. The Balaban J connectivity index is 0. The SMILES string of the molecule is CCCCCCCCSc1c[c]sc1Br.[Br-].[Zn]. The maximum atomic E-state index is 3.54. The molecule has 1 heterocycles. The zero-order valence-electron chi connectivity index (χ0n) is 10.3. The van der Waals surface area contributed by atoms with Gasteiger partial charge in [0.2, 0.25) is 0 Å². The maximum absolute atomic E-state index is 3.54. The van der Waals surface area contributed by atoms with Crippen LogP contribution in [-0.4, -0.2) is 5.75 Å². The van der Waals surface area contributed by atoms with Gasteiger partial charge in [-0.25, -0.2) is 0 Å². The first-order valence-corrected chi connectivity index (χ1v) is 8.22. The first-order valence-electron chi connectivity index (χ1n) is 5.62. The Bertz CT molecular complexity index is 267. The minimum atomic E-state index is 0. The molecule has 0 saturated carbocycles. The van der Waals surface area contributed by atoms with Gasteiger partial charge < -0.3 is 17.0 Å². The molecule has 0 aliphatic rings. The minimum Gasteiger partial charge on any atom is -1.00 e. The molecule has 0 saturated heterocycles. The van der Waals surface area contributed by atoms with Crippen molar-refractivity contribution in [1.82, 2.24) is 0 Å². The van der Waals surface area contributed by atoms with Crippen LogP contribution in [0.15, 0.2) is 14.7 Å². The Labute approximate surface area is 145 Å². The van der Waals surface area contributed by atoms with E-state index in [2.05, 4.69) is 34.3 Å². The molecule has 0 aliphatic heterocycles. The van der Waals surface area contributed by atoms with Crippen LogP contribution in [0.25, 0.3) is 0 Å². The van der Waals surface area contributed by atoms with Gasteiger partial charge in [0.05, 0.1) is 3.79 Å². The molecule has 95 valence electrons. The zero-order valence-corrected chi connectivity index (χ0v) is 18.1. The van der Waals surface area contributed by atoms with E-state index in [1.165, 1.54) is 53.0 Å². The number of thiophene rings is 1. The molecule has 0 atom stereocenters. The van der Waals surface area contributed by atoms with Crippen molar-refractivity contribution in [3.63, 3.8) is 0 Å². The first kappa shape index (κ1) is 20.9. The molecule has 0 unspecified atom stereocenters. The molecule has 0 aromatic carbocycles. The van der Waals surface area contributed by atoms with E-state index in [0.717, 1.165) is 0 Å². The van der Waals surface area contributed by atoms with E-state index < -0.39 is 0 Å². The molecular weight excluding hydrogens is 433 g/mol. The van der Waals surface area contributed by atoms with Crippen LogP contribution in [0.2, 0.25) is 0 Å². The van der Waals surface area contributed by atoms with Crippen LogP contribution in [0, 0.1) is 5.38 Å². The summed E-state index contributed by atoms with van der Waals surface area (Å²) in [6.45, 7) is 2.26. The fourth-order valence-electron chi connectivity index (χ4n) is 1.40. The Morgan fingerprint density at radius 3 is 2.47 bits per heavy atom. The van der Waals surface area contributed by atoms with Gasteiger partial charge in [0.15, 0.2) is 0 Å². The summed E-state index contributed by atoms with van der Waals surface area (Å²) in [5.41, 5.74) is 0. The molecule has 0 amide bonds. The van der Waals surface area contributed by atoms with Crippen molar-refractivity contribution < 1.29 is 36.5 Å². The largest absolute Gasteiger partial charge is 1.00 e. The summed E-state index contributed by atoms with van der Waals surface area (Å²) in [4.78, 5) is 1.36. The minimum absolute atomic E-state index is 0. The van der Waals surface area contributed by atoms with Crippen LogP contribution >= 0.6 is 39.0 Å². The quantitative estimate of drug-likeness (QED) is 0.333.